The third kappa shape index (κ3) is 2.78. The molecule has 0 aromatic heterocycles. The number of methoxy groups -OCH3 is 2. The van der Waals surface area contributed by atoms with Crippen LogP contribution in [0.4, 0.5) is 0 Å². The number of allylic oxidation sites excluding steroid dienone is 2. The Morgan fingerprint density at radius 2 is 0.800 bits per heavy atom. The van der Waals surface area contributed by atoms with Gasteiger partial charge in [-0.2, -0.15) is 0 Å². The van der Waals surface area contributed by atoms with Gasteiger partial charge in [0, 0.05) is 0 Å². The first-order valence-electron chi connectivity index (χ1n) is 12.2. The first-order chi connectivity index (χ1) is 14.6. The van der Waals surface area contributed by atoms with Crippen LogP contribution >= 0.6 is 0 Å². The lowest BCUT2D eigenvalue weighted by Crippen LogP contribution is -2.44. The van der Waals surface area contributed by atoms with Gasteiger partial charge >= 0.3 is 11.9 Å². The van der Waals surface area contributed by atoms with Crippen molar-refractivity contribution in [1.82, 2.24) is 0 Å². The van der Waals surface area contributed by atoms with Gasteiger partial charge in [-0.05, 0) is 123 Å². The van der Waals surface area contributed by atoms with Crippen LogP contribution in [0.2, 0.25) is 0 Å². The van der Waals surface area contributed by atoms with E-state index < -0.39 is 0 Å². The first kappa shape index (κ1) is 19.1. The molecule has 0 unspecified atom stereocenters. The van der Waals surface area contributed by atoms with E-state index in [0.29, 0.717) is 34.8 Å². The molecule has 8 saturated carbocycles. The predicted molar refractivity (Wildman–Crippen MR) is 112 cm³/mol. The van der Waals surface area contributed by atoms with Crippen molar-refractivity contribution < 1.29 is 19.1 Å². The molecule has 0 aliphatic heterocycles. The van der Waals surface area contributed by atoms with Crippen LogP contribution in [0.5, 0.6) is 0 Å². The number of carbonyl (C=O) groups excluding carboxylic acids is 2. The van der Waals surface area contributed by atoms with Gasteiger partial charge in [0.1, 0.15) is 0 Å². The normalized spacial score (nSPS) is 42.5. The third-order valence-corrected chi connectivity index (χ3v) is 9.64. The molecule has 30 heavy (non-hydrogen) atoms. The Labute approximate surface area is 179 Å². The fourth-order valence-corrected chi connectivity index (χ4v) is 9.13. The van der Waals surface area contributed by atoms with E-state index in [1.54, 1.807) is 0 Å². The topological polar surface area (TPSA) is 52.6 Å². The molecule has 0 radical (unpaired) electrons. The second kappa shape index (κ2) is 6.97. The Morgan fingerprint density at radius 1 is 0.533 bits per heavy atom. The molecule has 8 rings (SSSR count). The summed E-state index contributed by atoms with van der Waals surface area (Å²) in [5.41, 5.74) is 3.77. The second-order valence-electron chi connectivity index (χ2n) is 11.3. The maximum absolute atomic E-state index is 13.3. The molecule has 4 nitrogen and oxygen atoms in total. The standard InChI is InChI=1S/C26H34O4/c1-29-25(27)23(21-17-5-13-3-14(7-17)8-18(21)6-13)24(26(28)30-2)22-19-9-15-4-16(11-19)12-20(22)10-15/h13-20H,3-12H2,1-2H3. The Morgan fingerprint density at radius 3 is 1.03 bits per heavy atom. The quantitative estimate of drug-likeness (QED) is 0.494. The first-order valence-corrected chi connectivity index (χ1v) is 12.2. The van der Waals surface area contributed by atoms with Gasteiger partial charge in [0.25, 0.3) is 0 Å². The van der Waals surface area contributed by atoms with Gasteiger partial charge in [-0.25, -0.2) is 9.59 Å². The van der Waals surface area contributed by atoms with Crippen LogP contribution in [0.15, 0.2) is 22.3 Å². The highest BCUT2D eigenvalue weighted by Gasteiger charge is 2.51. The van der Waals surface area contributed by atoms with Crippen LogP contribution in [0.3, 0.4) is 0 Å². The number of ether oxygens (including phenoxy) is 2. The van der Waals surface area contributed by atoms with Crippen molar-refractivity contribution in [2.75, 3.05) is 14.2 Å². The molecule has 0 amide bonds. The Kier molecular flexibility index (Phi) is 4.44. The highest BCUT2D eigenvalue weighted by Crippen LogP contribution is 2.60. The predicted octanol–water partition coefficient (Wildman–Crippen LogP) is 4.84. The molecular formula is C26H34O4. The molecule has 8 bridgehead atoms. The lowest BCUT2D eigenvalue weighted by Gasteiger charge is -2.53. The zero-order valence-corrected chi connectivity index (χ0v) is 18.3. The summed E-state index contributed by atoms with van der Waals surface area (Å²) in [5.74, 6) is 4.44. The van der Waals surface area contributed by atoms with Gasteiger partial charge in [0.2, 0.25) is 0 Å². The van der Waals surface area contributed by atoms with E-state index in [2.05, 4.69) is 0 Å². The average molecular weight is 411 g/mol. The molecule has 4 heteroatoms. The maximum atomic E-state index is 13.3. The zero-order chi connectivity index (χ0) is 20.6. The summed E-state index contributed by atoms with van der Waals surface area (Å²) in [6, 6.07) is 0. The molecule has 0 saturated heterocycles. The maximum Gasteiger partial charge on any atom is 0.338 e. The molecule has 8 fully saturated rings. The summed E-state index contributed by atoms with van der Waals surface area (Å²) in [6.45, 7) is 0. The minimum absolute atomic E-state index is 0.306. The van der Waals surface area contributed by atoms with Crippen LogP contribution in [0, 0.1) is 47.3 Å². The van der Waals surface area contributed by atoms with Gasteiger partial charge in [0.05, 0.1) is 25.4 Å². The molecular weight excluding hydrogens is 376 g/mol. The van der Waals surface area contributed by atoms with E-state index in [9.17, 15) is 9.59 Å². The van der Waals surface area contributed by atoms with Crippen LogP contribution in [0.1, 0.15) is 64.2 Å². The Hall–Kier alpha value is -1.58. The van der Waals surface area contributed by atoms with Crippen LogP contribution in [-0.2, 0) is 19.1 Å². The highest BCUT2D eigenvalue weighted by atomic mass is 16.5. The molecule has 0 atom stereocenters. The summed E-state index contributed by atoms with van der Waals surface area (Å²) >= 11 is 0. The summed E-state index contributed by atoms with van der Waals surface area (Å²) in [5, 5.41) is 0. The largest absolute Gasteiger partial charge is 0.465 e. The number of hydrogen-bond acceptors (Lipinski definition) is 4. The molecule has 0 spiro atoms. The van der Waals surface area contributed by atoms with Crippen molar-refractivity contribution in [2.45, 2.75) is 64.2 Å². The lowest BCUT2D eigenvalue weighted by atomic mass is 9.51. The van der Waals surface area contributed by atoms with Gasteiger partial charge in [-0.15, -0.1) is 0 Å². The van der Waals surface area contributed by atoms with Crippen molar-refractivity contribution in [3.8, 4) is 0 Å². The molecule has 8 aliphatic carbocycles. The van der Waals surface area contributed by atoms with Crippen LogP contribution in [-0.4, -0.2) is 26.2 Å². The smallest absolute Gasteiger partial charge is 0.338 e. The molecule has 0 aromatic rings. The van der Waals surface area contributed by atoms with E-state index in [-0.39, 0.29) is 11.9 Å². The highest BCUT2D eigenvalue weighted by molar-refractivity contribution is 6.08. The van der Waals surface area contributed by atoms with E-state index in [4.69, 9.17) is 9.47 Å². The van der Waals surface area contributed by atoms with Crippen molar-refractivity contribution in [3.05, 3.63) is 22.3 Å². The minimum atomic E-state index is -0.306. The SMILES string of the molecule is COC(=O)C(C(C(=O)OC)=C1C2CC3CC(C2)CC1C3)=C1C2CC3CC(C2)CC1C3. The van der Waals surface area contributed by atoms with E-state index in [1.807, 2.05) is 0 Å². The fraction of sp³-hybridized carbons (Fsp3) is 0.769. The number of carbonyl (C=O) groups is 2. The molecule has 0 heterocycles. The van der Waals surface area contributed by atoms with Crippen LogP contribution < -0.4 is 0 Å². The molecule has 162 valence electrons. The Bertz CT molecular complexity index is 717. The van der Waals surface area contributed by atoms with E-state index >= 15 is 0 Å². The van der Waals surface area contributed by atoms with Gasteiger partial charge in [0.15, 0.2) is 0 Å². The van der Waals surface area contributed by atoms with Crippen molar-refractivity contribution in [1.29, 1.82) is 0 Å². The van der Waals surface area contributed by atoms with Crippen LogP contribution in [0.25, 0.3) is 0 Å². The summed E-state index contributed by atoms with van der Waals surface area (Å²) < 4.78 is 10.7. The molecule has 0 aromatic carbocycles. The third-order valence-electron chi connectivity index (χ3n) is 9.64. The monoisotopic (exact) mass is 410 g/mol. The number of rotatable bonds is 3. The number of esters is 2. The van der Waals surface area contributed by atoms with E-state index in [0.717, 1.165) is 23.7 Å². The van der Waals surface area contributed by atoms with E-state index in [1.165, 1.54) is 89.6 Å². The zero-order valence-electron chi connectivity index (χ0n) is 18.3. The lowest BCUT2D eigenvalue weighted by molar-refractivity contribution is -0.140. The number of hydrogen-bond donors (Lipinski definition) is 0. The summed E-state index contributed by atoms with van der Waals surface area (Å²) in [4.78, 5) is 26.6. The van der Waals surface area contributed by atoms with Gasteiger partial charge < -0.3 is 9.47 Å². The average Bonchev–Trinajstić information content (AvgIpc) is 2.72. The molecule has 0 N–H and O–H groups in total. The summed E-state index contributed by atoms with van der Waals surface area (Å²) in [6.07, 6.45) is 12.2. The van der Waals surface area contributed by atoms with Gasteiger partial charge in [-0.1, -0.05) is 0 Å². The summed E-state index contributed by atoms with van der Waals surface area (Å²) in [7, 11) is 2.94. The molecule has 8 aliphatic rings. The van der Waals surface area contributed by atoms with Crippen molar-refractivity contribution in [2.24, 2.45) is 47.3 Å². The van der Waals surface area contributed by atoms with Gasteiger partial charge in [-0.3, -0.25) is 0 Å². The fourth-order valence-electron chi connectivity index (χ4n) is 9.13. The van der Waals surface area contributed by atoms with Crippen molar-refractivity contribution in [3.63, 3.8) is 0 Å². The second-order valence-corrected chi connectivity index (χ2v) is 11.3. The minimum Gasteiger partial charge on any atom is -0.465 e. The van der Waals surface area contributed by atoms with Crippen molar-refractivity contribution >= 4 is 11.9 Å². The Balaban J connectivity index is 1.54.